The zero-order valence-electron chi connectivity index (χ0n) is 23.9. The molecule has 7 nitrogen and oxygen atoms in total. The molecule has 1 aliphatic heterocycles. The molecule has 8 heteroatoms. The smallest absolute Gasteiger partial charge is 0.411 e. The van der Waals surface area contributed by atoms with E-state index < -0.39 is 6.09 Å². The number of quaternary nitrogens is 1. The summed E-state index contributed by atoms with van der Waals surface area (Å²) < 4.78 is 6.73. The number of piperidine rings is 1. The van der Waals surface area contributed by atoms with Gasteiger partial charge in [-0.1, -0.05) is 60.7 Å². The SMILES string of the molecule is C[N+]1(C)CCC(OC(=O)Nc2cc(CCC(=O)Nc3ccc4cc(C=O)ccc4c3)ccc2-c2ccccc2)CC1.[I-]. The van der Waals surface area contributed by atoms with Crippen LogP contribution in [0.5, 0.6) is 0 Å². The largest absolute Gasteiger partial charge is 1.00 e. The number of benzene rings is 4. The van der Waals surface area contributed by atoms with Gasteiger partial charge in [-0.15, -0.1) is 0 Å². The highest BCUT2D eigenvalue weighted by Crippen LogP contribution is 2.30. The van der Waals surface area contributed by atoms with Crippen LogP contribution in [0.1, 0.15) is 35.2 Å². The monoisotopic (exact) mass is 677 g/mol. The number of hydrogen-bond acceptors (Lipinski definition) is 4. The van der Waals surface area contributed by atoms with Crippen LogP contribution in [0.2, 0.25) is 0 Å². The molecule has 0 spiro atoms. The molecule has 0 radical (unpaired) electrons. The summed E-state index contributed by atoms with van der Waals surface area (Å²) in [5, 5.41) is 7.84. The Hall–Kier alpha value is -3.76. The van der Waals surface area contributed by atoms with E-state index in [-0.39, 0.29) is 42.4 Å². The molecule has 1 aliphatic rings. The second-order valence-electron chi connectivity index (χ2n) is 11.3. The number of fused-ring (bicyclic) bond motifs is 1. The van der Waals surface area contributed by atoms with Gasteiger partial charge >= 0.3 is 6.09 Å². The summed E-state index contributed by atoms with van der Waals surface area (Å²) >= 11 is 0. The van der Waals surface area contributed by atoms with Crippen LogP contribution < -0.4 is 34.6 Å². The second-order valence-corrected chi connectivity index (χ2v) is 11.3. The van der Waals surface area contributed by atoms with Crippen LogP contribution >= 0.6 is 0 Å². The first-order chi connectivity index (χ1) is 19.8. The summed E-state index contributed by atoms with van der Waals surface area (Å²) in [7, 11) is 4.39. The van der Waals surface area contributed by atoms with Gasteiger partial charge in [0.15, 0.2) is 0 Å². The maximum absolute atomic E-state index is 12.9. The minimum atomic E-state index is -0.453. The van der Waals surface area contributed by atoms with Gasteiger partial charge in [0.2, 0.25) is 5.91 Å². The summed E-state index contributed by atoms with van der Waals surface area (Å²) in [6.45, 7) is 1.95. The Morgan fingerprint density at radius 3 is 2.33 bits per heavy atom. The minimum Gasteiger partial charge on any atom is -1.00 e. The Morgan fingerprint density at radius 2 is 1.60 bits per heavy atom. The number of carbonyl (C=O) groups excluding carboxylic acids is 3. The summed E-state index contributed by atoms with van der Waals surface area (Å²) in [4.78, 5) is 36.7. The van der Waals surface area contributed by atoms with E-state index in [0.717, 1.165) is 64.2 Å². The number of hydrogen-bond donors (Lipinski definition) is 2. The normalized spacial score (nSPS) is 14.4. The van der Waals surface area contributed by atoms with Crippen LogP contribution in [0.15, 0.2) is 84.9 Å². The summed E-state index contributed by atoms with van der Waals surface area (Å²) in [5.41, 5.74) is 4.80. The van der Waals surface area contributed by atoms with Gasteiger partial charge < -0.3 is 38.5 Å². The summed E-state index contributed by atoms with van der Waals surface area (Å²) in [5.74, 6) is -0.103. The highest BCUT2D eigenvalue weighted by Gasteiger charge is 2.28. The molecule has 2 amide bonds. The Bertz CT molecular complexity index is 1560. The van der Waals surface area contributed by atoms with E-state index in [1.165, 1.54) is 0 Å². The number of nitrogens with zero attached hydrogens (tertiary/aromatic N) is 1. The number of halogens is 1. The van der Waals surface area contributed by atoms with E-state index in [4.69, 9.17) is 4.74 Å². The molecule has 0 aliphatic carbocycles. The van der Waals surface area contributed by atoms with Crippen molar-refractivity contribution in [2.24, 2.45) is 0 Å². The van der Waals surface area contributed by atoms with E-state index in [9.17, 15) is 14.4 Å². The quantitative estimate of drug-likeness (QED) is 0.170. The number of aryl methyl sites for hydroxylation is 1. The lowest BCUT2D eigenvalue weighted by Gasteiger charge is -2.36. The van der Waals surface area contributed by atoms with Gasteiger partial charge in [0.25, 0.3) is 0 Å². The van der Waals surface area contributed by atoms with Crippen LogP contribution in [-0.2, 0) is 16.0 Å². The zero-order chi connectivity index (χ0) is 28.8. The van der Waals surface area contributed by atoms with Gasteiger partial charge in [-0.05, 0) is 52.6 Å². The fraction of sp³-hybridized carbons (Fsp3) is 0.265. The van der Waals surface area contributed by atoms with Gasteiger partial charge in [-0.2, -0.15) is 0 Å². The Balaban J connectivity index is 0.00000405. The molecule has 0 unspecified atom stereocenters. The van der Waals surface area contributed by atoms with Crippen molar-refractivity contribution in [3.8, 4) is 11.1 Å². The Morgan fingerprint density at radius 1 is 0.881 bits per heavy atom. The van der Waals surface area contributed by atoms with Gasteiger partial charge in [0.05, 0.1) is 32.9 Å². The van der Waals surface area contributed by atoms with Crippen LogP contribution in [0.4, 0.5) is 16.2 Å². The molecule has 0 aromatic heterocycles. The van der Waals surface area contributed by atoms with Crippen molar-refractivity contribution in [2.45, 2.75) is 31.8 Å². The first-order valence-corrected chi connectivity index (χ1v) is 14.0. The molecule has 0 bridgehead atoms. The third-order valence-corrected chi connectivity index (χ3v) is 7.72. The number of carbonyl (C=O) groups is 3. The first-order valence-electron chi connectivity index (χ1n) is 14.0. The van der Waals surface area contributed by atoms with E-state index in [1.54, 1.807) is 6.07 Å². The third-order valence-electron chi connectivity index (χ3n) is 7.72. The molecular weight excluding hydrogens is 641 g/mol. The topological polar surface area (TPSA) is 84.5 Å². The van der Waals surface area contributed by atoms with E-state index >= 15 is 0 Å². The Kier molecular flexibility index (Phi) is 10.3. The molecule has 1 fully saturated rings. The lowest BCUT2D eigenvalue weighted by molar-refractivity contribution is -0.896. The Labute approximate surface area is 263 Å². The molecule has 1 heterocycles. The van der Waals surface area contributed by atoms with Crippen molar-refractivity contribution < 1.29 is 47.6 Å². The number of rotatable bonds is 8. The van der Waals surface area contributed by atoms with Crippen LogP contribution in [0.3, 0.4) is 0 Å². The van der Waals surface area contributed by atoms with Gasteiger partial charge in [0.1, 0.15) is 12.4 Å². The molecule has 1 saturated heterocycles. The minimum absolute atomic E-state index is 0. The van der Waals surface area contributed by atoms with Crippen molar-refractivity contribution in [3.05, 3.63) is 96.1 Å². The zero-order valence-corrected chi connectivity index (χ0v) is 26.1. The molecule has 0 atom stereocenters. The highest BCUT2D eigenvalue weighted by molar-refractivity contribution is 5.96. The average molecular weight is 678 g/mol. The standard InChI is InChI=1S/C34H35N3O4.HI/c1-37(2)18-16-30(17-19-37)41-34(40)36-32-21-24(9-14-31(32)26-6-4-3-5-7-26)10-15-33(39)35-29-13-12-27-20-25(23-38)8-11-28(27)22-29;/h3-9,11-14,20-23,30H,10,15-19H2,1-2H3,(H-,35,36,38,39,40);1H. The number of anilines is 2. The second kappa shape index (κ2) is 13.9. The number of ether oxygens (including phenoxy) is 1. The van der Waals surface area contributed by atoms with E-state index in [0.29, 0.717) is 23.4 Å². The van der Waals surface area contributed by atoms with Crippen molar-refractivity contribution in [1.82, 2.24) is 0 Å². The number of aldehydes is 1. The van der Waals surface area contributed by atoms with Gasteiger partial charge in [-0.3, -0.25) is 14.9 Å². The van der Waals surface area contributed by atoms with Crippen LogP contribution in [-0.4, -0.2) is 56.1 Å². The number of nitrogens with one attached hydrogen (secondary N) is 2. The predicted molar refractivity (Wildman–Crippen MR) is 163 cm³/mol. The molecule has 5 rings (SSSR count). The lowest BCUT2D eigenvalue weighted by Crippen LogP contribution is -3.00. The predicted octanol–water partition coefficient (Wildman–Crippen LogP) is 3.68. The van der Waals surface area contributed by atoms with E-state index in [2.05, 4.69) is 24.7 Å². The lowest BCUT2D eigenvalue weighted by atomic mass is 9.99. The van der Waals surface area contributed by atoms with Crippen molar-refractivity contribution in [2.75, 3.05) is 37.8 Å². The molecule has 4 aromatic carbocycles. The first kappa shape index (κ1) is 31.2. The fourth-order valence-corrected chi connectivity index (χ4v) is 5.27. The third kappa shape index (κ3) is 8.17. The summed E-state index contributed by atoms with van der Waals surface area (Å²) in [6, 6.07) is 26.9. The molecule has 42 heavy (non-hydrogen) atoms. The average Bonchev–Trinajstić information content (AvgIpc) is 2.97. The van der Waals surface area contributed by atoms with Gasteiger partial charge in [-0.25, -0.2) is 4.79 Å². The molecular formula is C34H36IN3O4. The fourth-order valence-electron chi connectivity index (χ4n) is 5.27. The molecule has 2 N–H and O–H groups in total. The molecule has 0 saturated carbocycles. The summed E-state index contributed by atoms with van der Waals surface area (Å²) in [6.07, 6.45) is 2.77. The van der Waals surface area contributed by atoms with Crippen molar-refractivity contribution in [1.29, 1.82) is 0 Å². The maximum Gasteiger partial charge on any atom is 0.411 e. The van der Waals surface area contributed by atoms with E-state index in [1.807, 2.05) is 78.9 Å². The highest BCUT2D eigenvalue weighted by atomic mass is 127. The number of likely N-dealkylation sites (tertiary alicyclic amines) is 1. The van der Waals surface area contributed by atoms with Gasteiger partial charge in [0, 0.05) is 36.1 Å². The molecule has 4 aromatic rings. The maximum atomic E-state index is 12.9. The van der Waals surface area contributed by atoms with Crippen LogP contribution in [0, 0.1) is 0 Å². The number of amides is 2. The van der Waals surface area contributed by atoms with Crippen molar-refractivity contribution in [3.63, 3.8) is 0 Å². The van der Waals surface area contributed by atoms with Crippen LogP contribution in [0.25, 0.3) is 21.9 Å². The van der Waals surface area contributed by atoms with Crippen molar-refractivity contribution >= 4 is 40.4 Å². The molecule has 218 valence electrons.